The molecule has 2 atom stereocenters. The Bertz CT molecular complexity index is 337. The molecule has 1 aliphatic heterocycles. The second-order valence-corrected chi connectivity index (χ2v) is 5.41. The molecule has 2 rings (SSSR count). The van der Waals surface area contributed by atoms with E-state index in [0.717, 1.165) is 37.2 Å². The van der Waals surface area contributed by atoms with Gasteiger partial charge >= 0.3 is 0 Å². The average Bonchev–Trinajstić information content (AvgIpc) is 2.29. The van der Waals surface area contributed by atoms with Crippen LogP contribution in [0, 0.1) is 11.8 Å². The summed E-state index contributed by atoms with van der Waals surface area (Å²) >= 11 is 0. The van der Waals surface area contributed by atoms with Crippen molar-refractivity contribution in [2.45, 2.75) is 26.7 Å². The van der Waals surface area contributed by atoms with Crippen LogP contribution >= 0.6 is 0 Å². The molecular formula is C14H23N3. The predicted octanol–water partition coefficient (Wildman–Crippen LogP) is 2.07. The van der Waals surface area contributed by atoms with Crippen molar-refractivity contribution in [2.75, 3.05) is 24.5 Å². The van der Waals surface area contributed by atoms with E-state index >= 15 is 0 Å². The van der Waals surface area contributed by atoms with E-state index in [2.05, 4.69) is 35.9 Å². The number of aromatic nitrogens is 1. The number of rotatable bonds is 3. The molecule has 0 radical (unpaired) electrons. The van der Waals surface area contributed by atoms with Crippen molar-refractivity contribution in [3.8, 4) is 0 Å². The number of nitrogens with two attached hydrogens (primary N) is 1. The summed E-state index contributed by atoms with van der Waals surface area (Å²) in [7, 11) is 0. The lowest BCUT2D eigenvalue weighted by Crippen LogP contribution is -2.39. The van der Waals surface area contributed by atoms with Gasteiger partial charge in [-0.1, -0.05) is 19.9 Å². The van der Waals surface area contributed by atoms with E-state index in [9.17, 15) is 0 Å². The van der Waals surface area contributed by atoms with Gasteiger partial charge < -0.3 is 10.6 Å². The highest BCUT2D eigenvalue weighted by molar-refractivity contribution is 5.40. The average molecular weight is 233 g/mol. The number of anilines is 1. The minimum absolute atomic E-state index is 0.693. The summed E-state index contributed by atoms with van der Waals surface area (Å²) in [5, 5.41) is 0. The van der Waals surface area contributed by atoms with Gasteiger partial charge in [-0.05, 0) is 42.9 Å². The van der Waals surface area contributed by atoms with Crippen molar-refractivity contribution in [1.29, 1.82) is 0 Å². The monoisotopic (exact) mass is 233 g/mol. The zero-order valence-electron chi connectivity index (χ0n) is 10.9. The van der Waals surface area contributed by atoms with Gasteiger partial charge in [-0.3, -0.25) is 0 Å². The van der Waals surface area contributed by atoms with Gasteiger partial charge in [-0.15, -0.1) is 0 Å². The number of pyridine rings is 1. The van der Waals surface area contributed by atoms with Gasteiger partial charge in [0.2, 0.25) is 0 Å². The number of hydrogen-bond donors (Lipinski definition) is 1. The zero-order valence-corrected chi connectivity index (χ0v) is 10.9. The van der Waals surface area contributed by atoms with Crippen molar-refractivity contribution < 1.29 is 0 Å². The van der Waals surface area contributed by atoms with Gasteiger partial charge in [0, 0.05) is 19.3 Å². The lowest BCUT2D eigenvalue weighted by atomic mass is 9.92. The molecule has 1 aromatic rings. The Morgan fingerprint density at radius 3 is 2.53 bits per heavy atom. The van der Waals surface area contributed by atoms with Crippen LogP contribution in [0.3, 0.4) is 0 Å². The van der Waals surface area contributed by atoms with Gasteiger partial charge in [0.1, 0.15) is 5.82 Å². The van der Waals surface area contributed by atoms with Crippen LogP contribution in [0.25, 0.3) is 0 Å². The summed E-state index contributed by atoms with van der Waals surface area (Å²) < 4.78 is 0. The molecule has 3 nitrogen and oxygen atoms in total. The Morgan fingerprint density at radius 1 is 1.29 bits per heavy atom. The quantitative estimate of drug-likeness (QED) is 0.869. The van der Waals surface area contributed by atoms with Crippen LogP contribution in [0.1, 0.15) is 25.8 Å². The first-order valence-electron chi connectivity index (χ1n) is 6.59. The SMILES string of the molecule is CC1CC(C)CN(c2ccc(CCN)cn2)C1. The molecule has 1 fully saturated rings. The number of piperidine rings is 1. The molecule has 0 amide bonds. The van der Waals surface area contributed by atoms with Gasteiger partial charge in [0.05, 0.1) is 0 Å². The summed E-state index contributed by atoms with van der Waals surface area (Å²) in [5.41, 5.74) is 6.77. The maximum absolute atomic E-state index is 5.54. The second kappa shape index (κ2) is 5.50. The molecule has 1 aliphatic rings. The third kappa shape index (κ3) is 3.19. The van der Waals surface area contributed by atoms with Gasteiger partial charge in [-0.25, -0.2) is 4.98 Å². The molecule has 2 N–H and O–H groups in total. The largest absolute Gasteiger partial charge is 0.356 e. The van der Waals surface area contributed by atoms with Crippen molar-refractivity contribution in [2.24, 2.45) is 17.6 Å². The molecule has 17 heavy (non-hydrogen) atoms. The third-order valence-corrected chi connectivity index (χ3v) is 3.43. The van der Waals surface area contributed by atoms with Crippen molar-refractivity contribution >= 4 is 5.82 Å². The van der Waals surface area contributed by atoms with E-state index in [1.54, 1.807) is 0 Å². The third-order valence-electron chi connectivity index (χ3n) is 3.43. The van der Waals surface area contributed by atoms with Crippen LogP contribution in [0.4, 0.5) is 5.82 Å². The molecule has 1 aromatic heterocycles. The van der Waals surface area contributed by atoms with E-state index in [1.807, 2.05) is 6.20 Å². The molecule has 3 heteroatoms. The summed E-state index contributed by atoms with van der Waals surface area (Å²) in [5.74, 6) is 2.65. The van der Waals surface area contributed by atoms with Gasteiger partial charge in [0.25, 0.3) is 0 Å². The van der Waals surface area contributed by atoms with Crippen LogP contribution in [0.5, 0.6) is 0 Å². The lowest BCUT2D eigenvalue weighted by Gasteiger charge is -2.35. The standard InChI is InChI=1S/C14H23N3/c1-11-7-12(2)10-17(9-11)14-4-3-13(5-6-15)8-16-14/h3-4,8,11-12H,5-7,9-10,15H2,1-2H3. The minimum Gasteiger partial charge on any atom is -0.356 e. The Labute approximate surface area is 104 Å². The molecule has 0 bridgehead atoms. The lowest BCUT2D eigenvalue weighted by molar-refractivity contribution is 0.355. The van der Waals surface area contributed by atoms with Crippen LogP contribution in [-0.4, -0.2) is 24.6 Å². The molecule has 0 aliphatic carbocycles. The molecular weight excluding hydrogens is 210 g/mol. The highest BCUT2D eigenvalue weighted by Gasteiger charge is 2.22. The summed E-state index contributed by atoms with van der Waals surface area (Å²) in [4.78, 5) is 6.97. The molecule has 0 aromatic carbocycles. The van der Waals surface area contributed by atoms with Crippen LogP contribution in [-0.2, 0) is 6.42 Å². The normalized spacial score (nSPS) is 25.0. The molecule has 2 unspecified atom stereocenters. The van der Waals surface area contributed by atoms with Gasteiger partial charge in [-0.2, -0.15) is 0 Å². The summed E-state index contributed by atoms with van der Waals surface area (Å²) in [6.07, 6.45) is 4.22. The molecule has 1 saturated heterocycles. The Balaban J connectivity index is 2.06. The summed E-state index contributed by atoms with van der Waals surface area (Å²) in [6.45, 7) is 7.61. The summed E-state index contributed by atoms with van der Waals surface area (Å²) in [6, 6.07) is 4.29. The van der Waals surface area contributed by atoms with E-state index in [-0.39, 0.29) is 0 Å². The first kappa shape index (κ1) is 12.4. The molecule has 0 saturated carbocycles. The highest BCUT2D eigenvalue weighted by atomic mass is 15.2. The Morgan fingerprint density at radius 2 is 2.00 bits per heavy atom. The Kier molecular flexibility index (Phi) is 4.00. The first-order chi connectivity index (χ1) is 8.19. The molecule has 94 valence electrons. The van der Waals surface area contributed by atoms with Gasteiger partial charge in [0.15, 0.2) is 0 Å². The topological polar surface area (TPSA) is 42.1 Å². The van der Waals surface area contributed by atoms with E-state index in [1.165, 1.54) is 12.0 Å². The fourth-order valence-corrected chi connectivity index (χ4v) is 2.77. The highest BCUT2D eigenvalue weighted by Crippen LogP contribution is 2.24. The molecule has 2 heterocycles. The van der Waals surface area contributed by atoms with E-state index in [0.29, 0.717) is 6.54 Å². The van der Waals surface area contributed by atoms with E-state index in [4.69, 9.17) is 5.73 Å². The fourth-order valence-electron chi connectivity index (χ4n) is 2.77. The van der Waals surface area contributed by atoms with Crippen molar-refractivity contribution in [3.63, 3.8) is 0 Å². The van der Waals surface area contributed by atoms with E-state index < -0.39 is 0 Å². The Hall–Kier alpha value is -1.09. The number of hydrogen-bond acceptors (Lipinski definition) is 3. The first-order valence-corrected chi connectivity index (χ1v) is 6.59. The molecule has 0 spiro atoms. The van der Waals surface area contributed by atoms with Crippen LogP contribution < -0.4 is 10.6 Å². The second-order valence-electron chi connectivity index (χ2n) is 5.41. The maximum atomic E-state index is 5.54. The van der Waals surface area contributed by atoms with Crippen molar-refractivity contribution in [1.82, 2.24) is 4.98 Å². The predicted molar refractivity (Wildman–Crippen MR) is 72.2 cm³/mol. The zero-order chi connectivity index (χ0) is 12.3. The minimum atomic E-state index is 0.693. The van der Waals surface area contributed by atoms with Crippen LogP contribution in [0.2, 0.25) is 0 Å². The van der Waals surface area contributed by atoms with Crippen LogP contribution in [0.15, 0.2) is 18.3 Å². The van der Waals surface area contributed by atoms with Crippen molar-refractivity contribution in [3.05, 3.63) is 23.9 Å². The fraction of sp³-hybridized carbons (Fsp3) is 0.643. The maximum Gasteiger partial charge on any atom is 0.128 e. The number of nitrogens with zero attached hydrogens (tertiary/aromatic N) is 2. The smallest absolute Gasteiger partial charge is 0.128 e.